The number of amides is 1. The third-order valence-corrected chi connectivity index (χ3v) is 4.67. The highest BCUT2D eigenvalue weighted by Crippen LogP contribution is 2.07. The van der Waals surface area contributed by atoms with Gasteiger partial charge in [-0.2, -0.15) is 0 Å². The highest BCUT2D eigenvalue weighted by molar-refractivity contribution is 5.91. The molecule has 0 aromatic carbocycles. The van der Waals surface area contributed by atoms with Crippen LogP contribution in [0.2, 0.25) is 0 Å². The molecule has 0 atom stereocenters. The van der Waals surface area contributed by atoms with E-state index in [0.717, 1.165) is 29.9 Å². The summed E-state index contributed by atoms with van der Waals surface area (Å²) >= 11 is 0. The Hall–Kier alpha value is -3.00. The fourth-order valence-electron chi connectivity index (χ4n) is 3.06. The Morgan fingerprint density at radius 3 is 2.56 bits per heavy atom. The molecule has 1 aliphatic heterocycles. The molecule has 1 aliphatic rings. The number of carbonyl (C=O) groups is 1. The average molecular weight is 369 g/mol. The molecule has 2 aromatic heterocycles. The van der Waals surface area contributed by atoms with Crippen LogP contribution in [0, 0.1) is 0 Å². The number of aryl methyl sites for hydroxylation is 1. The average Bonchev–Trinajstić information content (AvgIpc) is 2.69. The van der Waals surface area contributed by atoms with Gasteiger partial charge in [-0.25, -0.2) is 4.79 Å². The molecule has 142 valence electrons. The van der Waals surface area contributed by atoms with E-state index in [-0.39, 0.29) is 5.91 Å². The summed E-state index contributed by atoms with van der Waals surface area (Å²) in [5, 5.41) is 0. The molecule has 0 radical (unpaired) electrons. The van der Waals surface area contributed by atoms with E-state index in [1.54, 1.807) is 18.1 Å². The molecule has 0 aliphatic carbocycles. The highest BCUT2D eigenvalue weighted by atomic mass is 16.2. The first-order valence-corrected chi connectivity index (χ1v) is 8.81. The summed E-state index contributed by atoms with van der Waals surface area (Å²) in [6.45, 7) is 3.57. The van der Waals surface area contributed by atoms with E-state index < -0.39 is 11.2 Å². The normalized spacial score (nSPS) is 15.4. The Morgan fingerprint density at radius 1 is 1.15 bits per heavy atom. The van der Waals surface area contributed by atoms with Crippen LogP contribution >= 0.6 is 0 Å². The maximum atomic E-state index is 12.4. The van der Waals surface area contributed by atoms with Crippen molar-refractivity contribution in [2.45, 2.75) is 6.54 Å². The van der Waals surface area contributed by atoms with Crippen molar-refractivity contribution in [3.8, 4) is 0 Å². The van der Waals surface area contributed by atoms with Crippen LogP contribution in [0.1, 0.15) is 11.3 Å². The molecular formula is C19H23N5O3. The van der Waals surface area contributed by atoms with E-state index in [4.69, 9.17) is 0 Å². The first kappa shape index (κ1) is 18.8. The minimum atomic E-state index is -0.415. The summed E-state index contributed by atoms with van der Waals surface area (Å²) in [6, 6.07) is 5.86. The largest absolute Gasteiger partial charge is 0.337 e. The fraction of sp³-hybridized carbons (Fsp3) is 0.368. The maximum absolute atomic E-state index is 12.4. The molecule has 27 heavy (non-hydrogen) atoms. The van der Waals surface area contributed by atoms with Gasteiger partial charge in [0.1, 0.15) is 0 Å². The van der Waals surface area contributed by atoms with Crippen molar-refractivity contribution in [3.63, 3.8) is 0 Å². The van der Waals surface area contributed by atoms with E-state index >= 15 is 0 Å². The zero-order valence-electron chi connectivity index (χ0n) is 15.5. The molecule has 1 saturated heterocycles. The Labute approximate surface area is 157 Å². The summed E-state index contributed by atoms with van der Waals surface area (Å²) in [6.07, 6.45) is 6.10. The highest BCUT2D eigenvalue weighted by Gasteiger charge is 2.20. The topological polar surface area (TPSA) is 80.4 Å². The van der Waals surface area contributed by atoms with Gasteiger partial charge in [-0.15, -0.1) is 0 Å². The second kappa shape index (κ2) is 8.13. The van der Waals surface area contributed by atoms with Gasteiger partial charge in [-0.3, -0.25) is 24.0 Å². The Kier molecular flexibility index (Phi) is 5.66. The summed E-state index contributed by atoms with van der Waals surface area (Å²) < 4.78 is 2.35. The molecule has 3 rings (SSSR count). The molecule has 3 heterocycles. The molecule has 0 unspecified atom stereocenters. The molecule has 1 fully saturated rings. The molecule has 8 nitrogen and oxygen atoms in total. The maximum Gasteiger partial charge on any atom is 0.330 e. The van der Waals surface area contributed by atoms with Crippen LogP contribution in [-0.4, -0.2) is 56.0 Å². The van der Waals surface area contributed by atoms with Crippen LogP contribution in [0.4, 0.5) is 0 Å². The molecule has 1 amide bonds. The standard InChI is InChI=1S/C19H23N5O3/c1-21-13-15(18(26)22(2)19(21)27)6-7-17(25)24-11-9-23(10-12-24)14-16-5-3-4-8-20-16/h3-8,13H,9-12,14H2,1-2H3/b7-6+. The number of rotatable bonds is 4. The molecule has 0 saturated carbocycles. The SMILES string of the molecule is Cn1cc(/C=C/C(=O)N2CCN(Cc3ccccn3)CC2)c(=O)n(C)c1=O. The van der Waals surface area contributed by atoms with Crippen molar-refractivity contribution >= 4 is 12.0 Å². The van der Waals surface area contributed by atoms with Crippen LogP contribution in [0.15, 0.2) is 46.3 Å². The predicted molar refractivity (Wildman–Crippen MR) is 102 cm³/mol. The minimum Gasteiger partial charge on any atom is -0.337 e. The number of aromatic nitrogens is 3. The van der Waals surface area contributed by atoms with Gasteiger partial charge in [0.2, 0.25) is 5.91 Å². The van der Waals surface area contributed by atoms with Gasteiger partial charge in [0.15, 0.2) is 0 Å². The van der Waals surface area contributed by atoms with E-state index in [2.05, 4.69) is 9.88 Å². The van der Waals surface area contributed by atoms with Crippen molar-refractivity contribution < 1.29 is 4.79 Å². The van der Waals surface area contributed by atoms with E-state index in [1.807, 2.05) is 18.2 Å². The Morgan fingerprint density at radius 2 is 1.89 bits per heavy atom. The minimum absolute atomic E-state index is 0.136. The second-order valence-electron chi connectivity index (χ2n) is 6.60. The third kappa shape index (κ3) is 4.40. The van der Waals surface area contributed by atoms with Crippen molar-refractivity contribution in [2.75, 3.05) is 26.2 Å². The van der Waals surface area contributed by atoms with E-state index in [9.17, 15) is 14.4 Å². The number of pyridine rings is 1. The van der Waals surface area contributed by atoms with Crippen LogP contribution in [-0.2, 0) is 25.4 Å². The predicted octanol–water partition coefficient (Wildman–Crippen LogP) is -0.163. The van der Waals surface area contributed by atoms with Gasteiger partial charge >= 0.3 is 5.69 Å². The van der Waals surface area contributed by atoms with Gasteiger partial charge in [-0.1, -0.05) is 6.07 Å². The molecular weight excluding hydrogens is 346 g/mol. The van der Waals surface area contributed by atoms with Gasteiger partial charge in [-0.05, 0) is 18.2 Å². The molecule has 2 aromatic rings. The van der Waals surface area contributed by atoms with Crippen molar-refractivity contribution in [2.24, 2.45) is 14.1 Å². The van der Waals surface area contributed by atoms with Crippen molar-refractivity contribution in [3.05, 3.63) is 68.8 Å². The van der Waals surface area contributed by atoms with Crippen LogP contribution in [0.3, 0.4) is 0 Å². The number of piperazine rings is 1. The van der Waals surface area contributed by atoms with E-state index in [1.165, 1.54) is 30.0 Å². The zero-order chi connectivity index (χ0) is 19.4. The Bertz CT molecular complexity index is 954. The molecule has 0 bridgehead atoms. The molecule has 0 N–H and O–H groups in total. The summed E-state index contributed by atoms with van der Waals surface area (Å²) in [5.41, 5.74) is 0.513. The van der Waals surface area contributed by atoms with Gasteiger partial charge in [0, 0.05) is 65.3 Å². The lowest BCUT2D eigenvalue weighted by Crippen LogP contribution is -2.47. The quantitative estimate of drug-likeness (QED) is 0.700. The third-order valence-electron chi connectivity index (χ3n) is 4.67. The molecule has 8 heteroatoms. The van der Waals surface area contributed by atoms with Crippen LogP contribution in [0.25, 0.3) is 6.08 Å². The lowest BCUT2D eigenvalue weighted by Gasteiger charge is -2.34. The zero-order valence-corrected chi connectivity index (χ0v) is 15.5. The smallest absolute Gasteiger partial charge is 0.330 e. The lowest BCUT2D eigenvalue weighted by molar-refractivity contribution is -0.127. The summed E-state index contributed by atoms with van der Waals surface area (Å²) in [4.78, 5) is 44.6. The van der Waals surface area contributed by atoms with E-state index in [0.29, 0.717) is 18.7 Å². The van der Waals surface area contributed by atoms with Crippen LogP contribution in [0.5, 0.6) is 0 Å². The number of carbonyl (C=O) groups excluding carboxylic acids is 1. The lowest BCUT2D eigenvalue weighted by atomic mass is 10.2. The fourth-order valence-corrected chi connectivity index (χ4v) is 3.06. The van der Waals surface area contributed by atoms with Gasteiger partial charge in [0.05, 0.1) is 11.3 Å². The second-order valence-corrected chi connectivity index (χ2v) is 6.60. The van der Waals surface area contributed by atoms with Crippen molar-refractivity contribution in [1.29, 1.82) is 0 Å². The summed E-state index contributed by atoms with van der Waals surface area (Å²) in [7, 11) is 2.99. The first-order chi connectivity index (χ1) is 13.0. The summed E-state index contributed by atoms with van der Waals surface area (Å²) in [5.74, 6) is -0.136. The monoisotopic (exact) mass is 369 g/mol. The Balaban J connectivity index is 1.59. The number of hydrogen-bond donors (Lipinski definition) is 0. The van der Waals surface area contributed by atoms with Crippen molar-refractivity contribution in [1.82, 2.24) is 23.9 Å². The first-order valence-electron chi connectivity index (χ1n) is 8.81. The number of nitrogens with zero attached hydrogens (tertiary/aromatic N) is 5. The number of hydrogen-bond acceptors (Lipinski definition) is 5. The molecule has 0 spiro atoms. The van der Waals surface area contributed by atoms with Gasteiger partial charge in [0.25, 0.3) is 5.56 Å². The van der Waals surface area contributed by atoms with Gasteiger partial charge < -0.3 is 9.47 Å². The van der Waals surface area contributed by atoms with Crippen LogP contribution < -0.4 is 11.2 Å².